The summed E-state index contributed by atoms with van der Waals surface area (Å²) in [6, 6.07) is 5.68. The van der Waals surface area contributed by atoms with Gasteiger partial charge in [-0.1, -0.05) is 0 Å². The number of nitrogens with two attached hydrogens (primary N) is 1. The summed E-state index contributed by atoms with van der Waals surface area (Å²) < 4.78 is 25.3. The van der Waals surface area contributed by atoms with Crippen LogP contribution in [0.5, 0.6) is 11.5 Å². The van der Waals surface area contributed by atoms with Gasteiger partial charge in [0, 0.05) is 25.7 Å². The molecule has 0 unspecified atom stereocenters. The first-order chi connectivity index (χ1) is 14.5. The number of nitrogens with zero attached hydrogens (tertiary/aromatic N) is 4. The molecule has 3 N–H and O–H groups in total. The van der Waals surface area contributed by atoms with Crippen molar-refractivity contribution in [2.24, 2.45) is 0 Å². The number of ether oxygens (including phenoxy) is 2. The Hall–Kier alpha value is -3.12. The van der Waals surface area contributed by atoms with Gasteiger partial charge in [0.1, 0.15) is 17.5 Å². The second-order valence-electron chi connectivity index (χ2n) is 7.07. The molecule has 30 heavy (non-hydrogen) atoms. The van der Waals surface area contributed by atoms with E-state index in [1.54, 1.807) is 12.1 Å². The van der Waals surface area contributed by atoms with Crippen LogP contribution in [0.15, 0.2) is 18.3 Å². The molecule has 2 heterocycles. The van der Waals surface area contributed by atoms with Crippen molar-refractivity contribution in [3.8, 4) is 17.6 Å². The molecule has 1 aromatic carbocycles. The summed E-state index contributed by atoms with van der Waals surface area (Å²) in [4.78, 5) is 10.6. The van der Waals surface area contributed by atoms with Crippen LogP contribution >= 0.6 is 0 Å². The standard InChI is InChI=1S/C21H27FN6O2/c1-3-29-17-9-14(10-18(19(17)22)30-4-2)13-28-7-5-16(6-8-28)26-21-25-12-15(11-23)20(24)27-21/h9-10,12,16H,3-8,13H2,1-2H3,(H3,24,25,26,27). The normalized spacial score (nSPS) is 14.9. The Morgan fingerprint density at radius 1 is 1.23 bits per heavy atom. The predicted molar refractivity (Wildman–Crippen MR) is 112 cm³/mol. The average molecular weight is 414 g/mol. The van der Waals surface area contributed by atoms with Gasteiger partial charge in [0.25, 0.3) is 0 Å². The third-order valence-corrected chi connectivity index (χ3v) is 4.93. The molecule has 0 bridgehead atoms. The molecule has 3 rings (SSSR count). The molecule has 1 aliphatic heterocycles. The fourth-order valence-electron chi connectivity index (χ4n) is 3.47. The number of hydrogen-bond acceptors (Lipinski definition) is 8. The summed E-state index contributed by atoms with van der Waals surface area (Å²) >= 11 is 0. The van der Waals surface area contributed by atoms with Gasteiger partial charge in [-0.15, -0.1) is 0 Å². The highest BCUT2D eigenvalue weighted by Crippen LogP contribution is 2.30. The molecular weight excluding hydrogens is 387 g/mol. The molecule has 1 aliphatic rings. The lowest BCUT2D eigenvalue weighted by Gasteiger charge is -2.32. The highest BCUT2D eigenvalue weighted by atomic mass is 19.1. The zero-order valence-electron chi connectivity index (χ0n) is 17.3. The first-order valence-electron chi connectivity index (χ1n) is 10.1. The van der Waals surface area contributed by atoms with Crippen LogP contribution < -0.4 is 20.5 Å². The molecular formula is C21H27FN6O2. The molecule has 0 spiro atoms. The highest BCUT2D eigenvalue weighted by molar-refractivity contribution is 5.49. The van der Waals surface area contributed by atoms with E-state index < -0.39 is 5.82 Å². The second kappa shape index (κ2) is 10.1. The molecule has 1 aromatic heterocycles. The Morgan fingerprint density at radius 2 is 1.87 bits per heavy atom. The number of anilines is 2. The second-order valence-corrected chi connectivity index (χ2v) is 7.07. The third kappa shape index (κ3) is 5.27. The summed E-state index contributed by atoms with van der Waals surface area (Å²) in [6.45, 7) is 6.87. The number of halogens is 1. The Labute approximate surface area is 175 Å². The van der Waals surface area contributed by atoms with Crippen LogP contribution in [0.4, 0.5) is 16.2 Å². The van der Waals surface area contributed by atoms with Crippen molar-refractivity contribution < 1.29 is 13.9 Å². The molecule has 0 saturated carbocycles. The molecule has 0 aliphatic carbocycles. The van der Waals surface area contributed by atoms with Gasteiger partial charge in [-0.3, -0.25) is 4.90 Å². The lowest BCUT2D eigenvalue weighted by Crippen LogP contribution is -2.39. The minimum absolute atomic E-state index is 0.180. The van der Waals surface area contributed by atoms with Gasteiger partial charge in [0.2, 0.25) is 11.8 Å². The van der Waals surface area contributed by atoms with E-state index in [-0.39, 0.29) is 28.9 Å². The van der Waals surface area contributed by atoms with Crippen LogP contribution in [0, 0.1) is 17.1 Å². The molecule has 0 amide bonds. The van der Waals surface area contributed by atoms with Gasteiger partial charge < -0.3 is 20.5 Å². The Bertz CT molecular complexity index is 882. The third-order valence-electron chi connectivity index (χ3n) is 4.93. The lowest BCUT2D eigenvalue weighted by atomic mass is 10.0. The molecule has 2 aromatic rings. The minimum Gasteiger partial charge on any atom is -0.491 e. The van der Waals surface area contributed by atoms with E-state index >= 15 is 0 Å². The molecule has 0 atom stereocenters. The van der Waals surface area contributed by atoms with Crippen LogP contribution in [-0.2, 0) is 6.54 Å². The molecule has 1 fully saturated rings. The molecule has 160 valence electrons. The number of likely N-dealkylation sites (tertiary alicyclic amines) is 1. The molecule has 1 saturated heterocycles. The van der Waals surface area contributed by atoms with Gasteiger partial charge in [-0.05, 0) is 44.4 Å². The SMILES string of the molecule is CCOc1cc(CN2CCC(Nc3ncc(C#N)c(N)n3)CC2)cc(OCC)c1F. The Balaban J connectivity index is 1.59. The minimum atomic E-state index is -0.452. The van der Waals surface area contributed by atoms with Crippen LogP contribution in [0.3, 0.4) is 0 Å². The van der Waals surface area contributed by atoms with Crippen LogP contribution in [0.2, 0.25) is 0 Å². The largest absolute Gasteiger partial charge is 0.491 e. The van der Waals surface area contributed by atoms with Crippen molar-refractivity contribution in [3.63, 3.8) is 0 Å². The Kier molecular flexibility index (Phi) is 7.25. The quantitative estimate of drug-likeness (QED) is 0.679. The summed E-state index contributed by atoms with van der Waals surface area (Å²) in [5.41, 5.74) is 6.98. The summed E-state index contributed by atoms with van der Waals surface area (Å²) in [5, 5.41) is 12.2. The lowest BCUT2D eigenvalue weighted by molar-refractivity contribution is 0.210. The molecule has 0 radical (unpaired) electrons. The number of piperidine rings is 1. The van der Waals surface area contributed by atoms with E-state index in [1.165, 1.54) is 6.20 Å². The number of nitrogen functional groups attached to an aromatic ring is 1. The van der Waals surface area contributed by atoms with Crippen molar-refractivity contribution >= 4 is 11.8 Å². The fraction of sp³-hybridized carbons (Fsp3) is 0.476. The number of aromatic nitrogens is 2. The van der Waals surface area contributed by atoms with Crippen molar-refractivity contribution in [3.05, 3.63) is 35.3 Å². The first-order valence-corrected chi connectivity index (χ1v) is 10.1. The number of benzene rings is 1. The number of nitriles is 1. The van der Waals surface area contributed by atoms with E-state index in [4.69, 9.17) is 20.5 Å². The first kappa shape index (κ1) is 21.6. The van der Waals surface area contributed by atoms with Crippen molar-refractivity contribution in [2.45, 2.75) is 39.3 Å². The average Bonchev–Trinajstić information content (AvgIpc) is 2.73. The van der Waals surface area contributed by atoms with E-state index in [0.717, 1.165) is 31.5 Å². The van der Waals surface area contributed by atoms with E-state index in [0.29, 0.717) is 25.7 Å². The highest BCUT2D eigenvalue weighted by Gasteiger charge is 2.21. The molecule has 9 heteroatoms. The maximum absolute atomic E-state index is 14.4. The monoisotopic (exact) mass is 414 g/mol. The van der Waals surface area contributed by atoms with Crippen LogP contribution in [0.1, 0.15) is 37.8 Å². The van der Waals surface area contributed by atoms with Crippen molar-refractivity contribution in [1.29, 1.82) is 5.26 Å². The zero-order chi connectivity index (χ0) is 21.5. The summed E-state index contributed by atoms with van der Waals surface area (Å²) in [7, 11) is 0. The fourth-order valence-corrected chi connectivity index (χ4v) is 3.47. The van der Waals surface area contributed by atoms with E-state index in [2.05, 4.69) is 20.2 Å². The van der Waals surface area contributed by atoms with Crippen molar-refractivity contribution in [2.75, 3.05) is 37.4 Å². The number of rotatable bonds is 8. The van der Waals surface area contributed by atoms with Crippen LogP contribution in [-0.4, -0.2) is 47.2 Å². The topological polar surface area (TPSA) is 109 Å². The summed E-state index contributed by atoms with van der Waals surface area (Å²) in [5.74, 6) is 0.619. The number of nitrogens with one attached hydrogen (secondary N) is 1. The Morgan fingerprint density at radius 3 is 2.40 bits per heavy atom. The van der Waals surface area contributed by atoms with Gasteiger partial charge >= 0.3 is 0 Å². The van der Waals surface area contributed by atoms with Crippen molar-refractivity contribution in [1.82, 2.24) is 14.9 Å². The van der Waals surface area contributed by atoms with Gasteiger partial charge in [-0.25, -0.2) is 4.98 Å². The summed E-state index contributed by atoms with van der Waals surface area (Å²) in [6.07, 6.45) is 3.24. The van der Waals surface area contributed by atoms with Gasteiger partial charge in [0.15, 0.2) is 11.5 Å². The van der Waals surface area contributed by atoms with E-state index in [1.807, 2.05) is 19.9 Å². The van der Waals surface area contributed by atoms with Gasteiger partial charge in [-0.2, -0.15) is 14.6 Å². The van der Waals surface area contributed by atoms with Gasteiger partial charge in [0.05, 0.1) is 19.4 Å². The maximum Gasteiger partial charge on any atom is 0.224 e. The smallest absolute Gasteiger partial charge is 0.224 e. The number of hydrogen-bond donors (Lipinski definition) is 2. The van der Waals surface area contributed by atoms with E-state index in [9.17, 15) is 4.39 Å². The predicted octanol–water partition coefficient (Wildman–Crippen LogP) is 2.94. The van der Waals surface area contributed by atoms with Crippen LogP contribution in [0.25, 0.3) is 0 Å². The zero-order valence-corrected chi connectivity index (χ0v) is 17.3. The maximum atomic E-state index is 14.4. The molecule has 8 nitrogen and oxygen atoms in total.